The molecular formula is C10H8O4. The summed E-state index contributed by atoms with van der Waals surface area (Å²) in [5.74, 6) is 0.829. The predicted octanol–water partition coefficient (Wildman–Crippen LogP) is 0.839. The number of hydrogen-bond acceptors (Lipinski definition) is 4. The van der Waals surface area contributed by atoms with E-state index in [0.717, 1.165) is 6.29 Å². The molecule has 4 nitrogen and oxygen atoms in total. The standard InChI is InChI=1S/C10H8O4/c11-4-7-1-2-9-10(3-7)14-6-8(12)5-13-9/h1-4H,5-6H2. The molecule has 0 saturated heterocycles. The summed E-state index contributed by atoms with van der Waals surface area (Å²) in [7, 11) is 0. The van der Waals surface area contributed by atoms with E-state index in [9.17, 15) is 9.59 Å². The van der Waals surface area contributed by atoms with Gasteiger partial charge in [-0.05, 0) is 18.2 Å². The van der Waals surface area contributed by atoms with Crippen LogP contribution in [0.25, 0.3) is 0 Å². The molecule has 0 aliphatic carbocycles. The van der Waals surface area contributed by atoms with E-state index in [4.69, 9.17) is 9.47 Å². The number of ketones is 1. The van der Waals surface area contributed by atoms with E-state index in [-0.39, 0.29) is 19.0 Å². The van der Waals surface area contributed by atoms with Crippen molar-refractivity contribution >= 4 is 12.1 Å². The summed E-state index contributed by atoms with van der Waals surface area (Å²) in [6, 6.07) is 4.80. The zero-order valence-electron chi connectivity index (χ0n) is 7.36. The number of rotatable bonds is 1. The number of carbonyl (C=O) groups excluding carboxylic acids is 2. The van der Waals surface area contributed by atoms with Crippen LogP contribution >= 0.6 is 0 Å². The van der Waals surface area contributed by atoms with Crippen molar-refractivity contribution in [1.29, 1.82) is 0 Å². The topological polar surface area (TPSA) is 52.6 Å². The summed E-state index contributed by atoms with van der Waals surface area (Å²) in [4.78, 5) is 21.5. The zero-order chi connectivity index (χ0) is 9.97. The highest BCUT2D eigenvalue weighted by atomic mass is 16.5. The Kier molecular flexibility index (Phi) is 2.18. The number of Topliss-reactive ketones (excluding diaryl/α,β-unsaturated/α-hetero) is 1. The lowest BCUT2D eigenvalue weighted by Crippen LogP contribution is -2.15. The van der Waals surface area contributed by atoms with Crippen molar-refractivity contribution in [3.05, 3.63) is 23.8 Å². The lowest BCUT2D eigenvalue weighted by Gasteiger charge is -2.05. The van der Waals surface area contributed by atoms with Crippen LogP contribution in [0.3, 0.4) is 0 Å². The summed E-state index contributed by atoms with van der Waals surface area (Å²) in [5, 5.41) is 0. The Morgan fingerprint density at radius 3 is 2.57 bits per heavy atom. The maximum absolute atomic E-state index is 11.0. The molecule has 1 aliphatic heterocycles. The molecule has 4 heteroatoms. The molecule has 0 saturated carbocycles. The third kappa shape index (κ3) is 1.59. The number of carbonyl (C=O) groups is 2. The largest absolute Gasteiger partial charge is 0.482 e. The second-order valence-corrected chi connectivity index (χ2v) is 2.94. The average Bonchev–Trinajstić information content (AvgIpc) is 2.40. The lowest BCUT2D eigenvalue weighted by molar-refractivity contribution is -0.122. The minimum absolute atomic E-state index is 0.00465. The molecule has 0 bridgehead atoms. The second-order valence-electron chi connectivity index (χ2n) is 2.94. The van der Waals surface area contributed by atoms with Crippen LogP contribution in [-0.2, 0) is 4.79 Å². The first-order chi connectivity index (χ1) is 6.79. The third-order valence-corrected chi connectivity index (χ3v) is 1.88. The molecule has 14 heavy (non-hydrogen) atoms. The molecule has 1 aromatic carbocycles. The van der Waals surface area contributed by atoms with Gasteiger partial charge in [-0.3, -0.25) is 9.59 Å². The van der Waals surface area contributed by atoms with Gasteiger partial charge in [0.05, 0.1) is 0 Å². The van der Waals surface area contributed by atoms with Gasteiger partial charge in [-0.15, -0.1) is 0 Å². The van der Waals surface area contributed by atoms with E-state index < -0.39 is 0 Å². The Morgan fingerprint density at radius 1 is 1.14 bits per heavy atom. The van der Waals surface area contributed by atoms with E-state index in [2.05, 4.69) is 0 Å². The van der Waals surface area contributed by atoms with E-state index >= 15 is 0 Å². The molecule has 0 aromatic heterocycles. The van der Waals surface area contributed by atoms with Crippen LogP contribution in [0.15, 0.2) is 18.2 Å². The zero-order valence-corrected chi connectivity index (χ0v) is 7.36. The smallest absolute Gasteiger partial charge is 0.207 e. The molecule has 0 unspecified atom stereocenters. The van der Waals surface area contributed by atoms with E-state index in [1.54, 1.807) is 18.2 Å². The SMILES string of the molecule is O=Cc1ccc2c(c1)OCC(=O)CO2. The van der Waals surface area contributed by atoms with Gasteiger partial charge in [-0.2, -0.15) is 0 Å². The molecule has 72 valence electrons. The number of hydrogen-bond donors (Lipinski definition) is 0. The fourth-order valence-electron chi connectivity index (χ4n) is 1.19. The van der Waals surface area contributed by atoms with Gasteiger partial charge in [-0.25, -0.2) is 0 Å². The van der Waals surface area contributed by atoms with Gasteiger partial charge in [0.2, 0.25) is 5.78 Å². The number of ether oxygens (including phenoxy) is 2. The first-order valence-corrected chi connectivity index (χ1v) is 4.16. The van der Waals surface area contributed by atoms with Crippen LogP contribution in [0.4, 0.5) is 0 Å². The highest BCUT2D eigenvalue weighted by molar-refractivity contribution is 5.82. The van der Waals surface area contributed by atoms with E-state index in [0.29, 0.717) is 17.1 Å². The Labute approximate surface area is 80.4 Å². The van der Waals surface area contributed by atoms with Gasteiger partial charge >= 0.3 is 0 Å². The molecule has 1 aliphatic rings. The maximum atomic E-state index is 11.0. The lowest BCUT2D eigenvalue weighted by atomic mass is 10.2. The highest BCUT2D eigenvalue weighted by Crippen LogP contribution is 2.29. The monoisotopic (exact) mass is 192 g/mol. The first-order valence-electron chi connectivity index (χ1n) is 4.16. The van der Waals surface area contributed by atoms with Crippen LogP contribution < -0.4 is 9.47 Å². The van der Waals surface area contributed by atoms with Crippen LogP contribution in [0.1, 0.15) is 10.4 Å². The predicted molar refractivity (Wildman–Crippen MR) is 47.8 cm³/mol. The highest BCUT2D eigenvalue weighted by Gasteiger charge is 2.14. The molecule has 0 spiro atoms. The quantitative estimate of drug-likeness (QED) is 0.618. The summed E-state index contributed by atoms with van der Waals surface area (Å²) in [6.45, 7) is 0.0166. The molecule has 0 fully saturated rings. The van der Waals surface area contributed by atoms with Crippen molar-refractivity contribution in [2.45, 2.75) is 0 Å². The first kappa shape index (κ1) is 8.74. The molecule has 0 amide bonds. The summed E-state index contributed by atoms with van der Waals surface area (Å²) >= 11 is 0. The van der Waals surface area contributed by atoms with E-state index in [1.165, 1.54) is 0 Å². The van der Waals surface area contributed by atoms with Crippen LogP contribution in [0.2, 0.25) is 0 Å². The third-order valence-electron chi connectivity index (χ3n) is 1.88. The van der Waals surface area contributed by atoms with Crippen LogP contribution in [0.5, 0.6) is 11.5 Å². The van der Waals surface area contributed by atoms with Crippen molar-refractivity contribution in [3.8, 4) is 11.5 Å². The average molecular weight is 192 g/mol. The molecule has 1 aromatic rings. The molecule has 0 radical (unpaired) electrons. The summed E-state index contributed by atoms with van der Waals surface area (Å²) in [5.41, 5.74) is 0.502. The molecule has 0 atom stereocenters. The number of benzene rings is 1. The van der Waals surface area contributed by atoms with Crippen molar-refractivity contribution in [2.75, 3.05) is 13.2 Å². The van der Waals surface area contributed by atoms with Gasteiger partial charge in [0.25, 0.3) is 0 Å². The van der Waals surface area contributed by atoms with Crippen molar-refractivity contribution in [3.63, 3.8) is 0 Å². The summed E-state index contributed by atoms with van der Waals surface area (Å²) < 4.78 is 10.3. The summed E-state index contributed by atoms with van der Waals surface area (Å²) in [6.07, 6.45) is 0.719. The van der Waals surface area contributed by atoms with Gasteiger partial charge in [-0.1, -0.05) is 0 Å². The fraction of sp³-hybridized carbons (Fsp3) is 0.200. The molecule has 0 N–H and O–H groups in total. The normalized spacial score (nSPS) is 14.7. The minimum atomic E-state index is -0.117. The molecular weight excluding hydrogens is 184 g/mol. The van der Waals surface area contributed by atoms with Gasteiger partial charge in [0.1, 0.15) is 6.29 Å². The van der Waals surface area contributed by atoms with Crippen molar-refractivity contribution in [1.82, 2.24) is 0 Å². The Hall–Kier alpha value is -1.84. The molecule has 2 rings (SSSR count). The van der Waals surface area contributed by atoms with Crippen molar-refractivity contribution < 1.29 is 19.1 Å². The van der Waals surface area contributed by atoms with Gasteiger partial charge in [0, 0.05) is 5.56 Å². The van der Waals surface area contributed by atoms with Crippen molar-refractivity contribution in [2.24, 2.45) is 0 Å². The van der Waals surface area contributed by atoms with Gasteiger partial charge in [0.15, 0.2) is 24.7 Å². The maximum Gasteiger partial charge on any atom is 0.207 e. The van der Waals surface area contributed by atoms with Crippen LogP contribution in [-0.4, -0.2) is 25.3 Å². The second kappa shape index (κ2) is 3.49. The Morgan fingerprint density at radius 2 is 1.86 bits per heavy atom. The Balaban J connectivity index is 2.36. The van der Waals surface area contributed by atoms with Gasteiger partial charge < -0.3 is 9.47 Å². The number of aldehydes is 1. The fourth-order valence-corrected chi connectivity index (χ4v) is 1.19. The molecule has 1 heterocycles. The Bertz CT molecular complexity index is 384. The number of fused-ring (bicyclic) bond motifs is 1. The van der Waals surface area contributed by atoms with E-state index in [1.807, 2.05) is 0 Å². The minimum Gasteiger partial charge on any atom is -0.482 e. The van der Waals surface area contributed by atoms with Crippen LogP contribution in [0, 0.1) is 0 Å².